The summed E-state index contributed by atoms with van der Waals surface area (Å²) >= 11 is 0. The van der Waals surface area contributed by atoms with Crippen molar-refractivity contribution in [3.63, 3.8) is 0 Å². The van der Waals surface area contributed by atoms with Crippen LogP contribution in [0.1, 0.15) is 20.3 Å². The standard InChI is InChI=1S/C9H17NO4S/c1-4-14-9(12)8(11)10-6-5-7(2)15(3)13/h7H,4-6H2,1-3H3,(H,10,11). The maximum absolute atomic E-state index is 11.0. The van der Waals surface area contributed by atoms with E-state index in [4.69, 9.17) is 0 Å². The van der Waals surface area contributed by atoms with Crippen LogP contribution >= 0.6 is 0 Å². The predicted octanol–water partition coefficient (Wildman–Crippen LogP) is -0.177. The molecule has 0 spiro atoms. The van der Waals surface area contributed by atoms with Gasteiger partial charge in [-0.3, -0.25) is 9.00 Å². The number of carbonyl (C=O) groups excluding carboxylic acids is 2. The van der Waals surface area contributed by atoms with Crippen LogP contribution in [0.4, 0.5) is 0 Å². The topological polar surface area (TPSA) is 72.5 Å². The lowest BCUT2D eigenvalue weighted by Crippen LogP contribution is -2.34. The highest BCUT2D eigenvalue weighted by molar-refractivity contribution is 7.84. The van der Waals surface area contributed by atoms with Crippen LogP contribution in [0.2, 0.25) is 0 Å². The van der Waals surface area contributed by atoms with E-state index in [2.05, 4.69) is 10.1 Å². The second-order valence-corrected chi connectivity index (χ2v) is 4.88. The van der Waals surface area contributed by atoms with Gasteiger partial charge in [-0.15, -0.1) is 0 Å². The summed E-state index contributed by atoms with van der Waals surface area (Å²) in [5.74, 6) is -1.62. The summed E-state index contributed by atoms with van der Waals surface area (Å²) in [6.45, 7) is 3.97. The van der Waals surface area contributed by atoms with Crippen molar-refractivity contribution in [1.29, 1.82) is 0 Å². The van der Waals surface area contributed by atoms with E-state index < -0.39 is 22.7 Å². The van der Waals surface area contributed by atoms with Gasteiger partial charge >= 0.3 is 11.9 Å². The SMILES string of the molecule is CCOC(=O)C(=O)NCCC(C)S(C)=O. The Morgan fingerprint density at radius 1 is 1.47 bits per heavy atom. The molecule has 0 saturated heterocycles. The van der Waals surface area contributed by atoms with Crippen molar-refractivity contribution in [3.8, 4) is 0 Å². The van der Waals surface area contributed by atoms with Gasteiger partial charge in [0.15, 0.2) is 0 Å². The number of hydrogen-bond donors (Lipinski definition) is 1. The van der Waals surface area contributed by atoms with Gasteiger partial charge in [0, 0.05) is 28.9 Å². The maximum atomic E-state index is 11.0. The largest absolute Gasteiger partial charge is 0.459 e. The summed E-state index contributed by atoms with van der Waals surface area (Å²) in [6.07, 6.45) is 2.19. The molecule has 6 heteroatoms. The second kappa shape index (κ2) is 7.39. The number of ether oxygens (including phenoxy) is 1. The lowest BCUT2D eigenvalue weighted by Gasteiger charge is -2.08. The molecule has 0 aliphatic carbocycles. The van der Waals surface area contributed by atoms with Crippen LogP contribution in [-0.4, -0.2) is 40.7 Å². The average molecular weight is 235 g/mol. The van der Waals surface area contributed by atoms with Crippen LogP contribution in [0, 0.1) is 0 Å². The molecule has 0 rings (SSSR count). The monoisotopic (exact) mass is 235 g/mol. The van der Waals surface area contributed by atoms with E-state index in [1.807, 2.05) is 6.92 Å². The molecule has 0 aliphatic rings. The first-order chi connectivity index (χ1) is 6.99. The number of carbonyl (C=O) groups is 2. The Morgan fingerprint density at radius 3 is 2.53 bits per heavy atom. The number of amides is 1. The number of esters is 1. The zero-order chi connectivity index (χ0) is 11.8. The van der Waals surface area contributed by atoms with Gasteiger partial charge in [-0.2, -0.15) is 0 Å². The fourth-order valence-electron chi connectivity index (χ4n) is 0.824. The smallest absolute Gasteiger partial charge is 0.396 e. The van der Waals surface area contributed by atoms with Gasteiger partial charge in [0.2, 0.25) is 0 Å². The maximum Gasteiger partial charge on any atom is 0.396 e. The third kappa shape index (κ3) is 6.22. The normalized spacial score (nSPS) is 14.1. The Kier molecular flexibility index (Phi) is 6.94. The van der Waals surface area contributed by atoms with Gasteiger partial charge < -0.3 is 10.1 Å². The fraction of sp³-hybridized carbons (Fsp3) is 0.778. The van der Waals surface area contributed by atoms with Crippen molar-refractivity contribution < 1.29 is 18.5 Å². The van der Waals surface area contributed by atoms with Crippen LogP contribution in [0.3, 0.4) is 0 Å². The average Bonchev–Trinajstić information content (AvgIpc) is 2.17. The van der Waals surface area contributed by atoms with Crippen molar-refractivity contribution in [2.45, 2.75) is 25.5 Å². The quantitative estimate of drug-likeness (QED) is 0.530. The van der Waals surface area contributed by atoms with Gasteiger partial charge in [-0.05, 0) is 13.3 Å². The van der Waals surface area contributed by atoms with Crippen molar-refractivity contribution >= 4 is 22.7 Å². The molecule has 2 unspecified atom stereocenters. The summed E-state index contributed by atoms with van der Waals surface area (Å²) < 4.78 is 15.5. The minimum atomic E-state index is -0.907. The Balaban J connectivity index is 3.72. The predicted molar refractivity (Wildman–Crippen MR) is 57.8 cm³/mol. The molecule has 0 aromatic carbocycles. The van der Waals surface area contributed by atoms with E-state index in [-0.39, 0.29) is 11.9 Å². The van der Waals surface area contributed by atoms with Gasteiger partial charge in [0.25, 0.3) is 0 Å². The Bertz CT molecular complexity index is 254. The number of rotatable bonds is 5. The van der Waals surface area contributed by atoms with Crippen LogP contribution < -0.4 is 5.32 Å². The van der Waals surface area contributed by atoms with E-state index in [0.717, 1.165) is 0 Å². The number of nitrogens with one attached hydrogen (secondary N) is 1. The minimum Gasteiger partial charge on any atom is -0.459 e. The lowest BCUT2D eigenvalue weighted by molar-refractivity contribution is -0.154. The molecule has 15 heavy (non-hydrogen) atoms. The van der Waals surface area contributed by atoms with Crippen molar-refractivity contribution in [2.75, 3.05) is 19.4 Å². The Hall–Kier alpha value is -0.910. The molecule has 1 amide bonds. The molecule has 0 aliphatic heterocycles. The molecule has 0 heterocycles. The molecule has 2 atom stereocenters. The third-order valence-corrected chi connectivity index (χ3v) is 3.23. The first-order valence-corrected chi connectivity index (χ1v) is 6.38. The highest BCUT2D eigenvalue weighted by atomic mass is 32.2. The fourth-order valence-corrected chi connectivity index (χ4v) is 1.27. The summed E-state index contributed by atoms with van der Waals surface area (Å²) in [5, 5.41) is 2.41. The molecule has 5 nitrogen and oxygen atoms in total. The molecular formula is C9H17NO4S. The molecule has 1 N–H and O–H groups in total. The van der Waals surface area contributed by atoms with E-state index in [1.54, 1.807) is 13.2 Å². The van der Waals surface area contributed by atoms with Crippen LogP contribution in [0.25, 0.3) is 0 Å². The van der Waals surface area contributed by atoms with E-state index >= 15 is 0 Å². The summed E-state index contributed by atoms with van der Waals surface area (Å²) in [6, 6.07) is 0. The van der Waals surface area contributed by atoms with E-state index in [9.17, 15) is 13.8 Å². The first kappa shape index (κ1) is 14.1. The first-order valence-electron chi connectivity index (χ1n) is 4.76. The molecule has 88 valence electrons. The molecule has 0 aromatic rings. The second-order valence-electron chi connectivity index (χ2n) is 3.07. The zero-order valence-electron chi connectivity index (χ0n) is 9.24. The molecule has 0 fully saturated rings. The molecular weight excluding hydrogens is 218 g/mol. The Morgan fingerprint density at radius 2 is 2.07 bits per heavy atom. The highest BCUT2D eigenvalue weighted by Crippen LogP contribution is 1.97. The molecule has 0 aromatic heterocycles. The van der Waals surface area contributed by atoms with E-state index in [0.29, 0.717) is 13.0 Å². The molecule has 0 saturated carbocycles. The summed E-state index contributed by atoms with van der Waals surface area (Å²) in [5.41, 5.74) is 0. The third-order valence-electron chi connectivity index (χ3n) is 1.86. The summed E-state index contributed by atoms with van der Waals surface area (Å²) in [7, 11) is -0.907. The van der Waals surface area contributed by atoms with Gasteiger partial charge in [-0.1, -0.05) is 6.92 Å². The highest BCUT2D eigenvalue weighted by Gasteiger charge is 2.14. The van der Waals surface area contributed by atoms with Gasteiger partial charge in [-0.25, -0.2) is 4.79 Å². The zero-order valence-corrected chi connectivity index (χ0v) is 10.1. The molecule has 0 radical (unpaired) electrons. The van der Waals surface area contributed by atoms with Crippen molar-refractivity contribution in [1.82, 2.24) is 5.32 Å². The van der Waals surface area contributed by atoms with E-state index in [1.165, 1.54) is 0 Å². The van der Waals surface area contributed by atoms with Crippen molar-refractivity contribution in [3.05, 3.63) is 0 Å². The van der Waals surface area contributed by atoms with Crippen molar-refractivity contribution in [2.24, 2.45) is 0 Å². The lowest BCUT2D eigenvalue weighted by atomic mass is 10.3. The Labute approximate surface area is 92.0 Å². The molecule has 0 bridgehead atoms. The van der Waals surface area contributed by atoms with Crippen LogP contribution in [-0.2, 0) is 25.1 Å². The van der Waals surface area contributed by atoms with Crippen LogP contribution in [0.5, 0.6) is 0 Å². The summed E-state index contributed by atoms with van der Waals surface area (Å²) in [4.78, 5) is 21.9. The minimum absolute atomic E-state index is 0.00694. The number of hydrogen-bond acceptors (Lipinski definition) is 4. The van der Waals surface area contributed by atoms with Gasteiger partial charge in [0.1, 0.15) is 0 Å². The van der Waals surface area contributed by atoms with Gasteiger partial charge in [0.05, 0.1) is 6.61 Å². The van der Waals surface area contributed by atoms with Crippen LogP contribution in [0.15, 0.2) is 0 Å².